The predicted octanol–water partition coefficient (Wildman–Crippen LogP) is 2.51. The van der Waals surface area contributed by atoms with Crippen molar-refractivity contribution >= 4 is 0 Å². The van der Waals surface area contributed by atoms with E-state index in [0.29, 0.717) is 17.6 Å². The van der Waals surface area contributed by atoms with Crippen molar-refractivity contribution < 1.29 is 9.47 Å². The van der Waals surface area contributed by atoms with Gasteiger partial charge in [0.1, 0.15) is 0 Å². The van der Waals surface area contributed by atoms with Crippen molar-refractivity contribution in [2.24, 2.45) is 5.41 Å². The summed E-state index contributed by atoms with van der Waals surface area (Å²) < 4.78 is 11.6. The summed E-state index contributed by atoms with van der Waals surface area (Å²) in [4.78, 5) is 0. The molecule has 2 atom stereocenters. The monoisotopic (exact) mass is 196 g/mol. The molecule has 14 heavy (non-hydrogen) atoms. The minimum Gasteiger partial charge on any atom is -0.375 e. The van der Waals surface area contributed by atoms with E-state index in [0.717, 1.165) is 13.2 Å². The zero-order valence-corrected chi connectivity index (χ0v) is 8.84. The Balaban J connectivity index is 1.66. The number of hydrogen-bond donors (Lipinski definition) is 0. The van der Waals surface area contributed by atoms with Crippen LogP contribution < -0.4 is 0 Å². The molecule has 1 saturated carbocycles. The smallest absolute Gasteiger partial charge is 0.0914 e. The highest BCUT2D eigenvalue weighted by Crippen LogP contribution is 2.51. The fourth-order valence-corrected chi connectivity index (χ4v) is 3.43. The van der Waals surface area contributed by atoms with Crippen LogP contribution >= 0.6 is 0 Å². The lowest BCUT2D eigenvalue weighted by Crippen LogP contribution is -2.57. The topological polar surface area (TPSA) is 18.5 Å². The summed E-state index contributed by atoms with van der Waals surface area (Å²) in [5.41, 5.74) is 0.544. The molecule has 3 fully saturated rings. The summed E-state index contributed by atoms with van der Waals surface area (Å²) in [7, 11) is 0. The third-order valence-corrected chi connectivity index (χ3v) is 4.31. The van der Waals surface area contributed by atoms with Gasteiger partial charge in [-0.25, -0.2) is 0 Å². The highest BCUT2D eigenvalue weighted by Gasteiger charge is 2.53. The Bertz CT molecular complexity index is 202. The Morgan fingerprint density at radius 2 is 1.79 bits per heavy atom. The Kier molecular flexibility index (Phi) is 2.29. The molecule has 0 aromatic rings. The molecule has 0 aromatic carbocycles. The van der Waals surface area contributed by atoms with Gasteiger partial charge in [0.2, 0.25) is 0 Å². The van der Waals surface area contributed by atoms with E-state index in [1.54, 1.807) is 0 Å². The molecule has 2 aliphatic heterocycles. The zero-order valence-electron chi connectivity index (χ0n) is 8.84. The zero-order chi connectivity index (χ0) is 9.43. The third-order valence-electron chi connectivity index (χ3n) is 4.31. The second kappa shape index (κ2) is 3.49. The first-order chi connectivity index (χ1) is 6.91. The van der Waals surface area contributed by atoms with Crippen LogP contribution in [0.3, 0.4) is 0 Å². The van der Waals surface area contributed by atoms with Crippen LogP contribution in [-0.4, -0.2) is 25.4 Å². The molecule has 3 aliphatic rings. The molecule has 2 heteroatoms. The van der Waals surface area contributed by atoms with E-state index in [1.807, 2.05) is 0 Å². The first-order valence-corrected chi connectivity index (χ1v) is 6.14. The standard InChI is InChI=1S/C12H20O2/c1-4-8-13-10(5-1)11-12(9-14-11)6-2-3-7-12/h10-11H,1-9H2. The van der Waals surface area contributed by atoms with Gasteiger partial charge in [-0.15, -0.1) is 0 Å². The summed E-state index contributed by atoms with van der Waals surface area (Å²) in [6.45, 7) is 1.97. The van der Waals surface area contributed by atoms with Gasteiger partial charge in [0.15, 0.2) is 0 Å². The van der Waals surface area contributed by atoms with Gasteiger partial charge >= 0.3 is 0 Å². The van der Waals surface area contributed by atoms with Gasteiger partial charge in [0.25, 0.3) is 0 Å². The van der Waals surface area contributed by atoms with Gasteiger partial charge in [-0.3, -0.25) is 0 Å². The lowest BCUT2D eigenvalue weighted by molar-refractivity contribution is -0.240. The van der Waals surface area contributed by atoms with Crippen LogP contribution in [-0.2, 0) is 9.47 Å². The van der Waals surface area contributed by atoms with Crippen LogP contribution in [0.2, 0.25) is 0 Å². The van der Waals surface area contributed by atoms with E-state index in [-0.39, 0.29) is 0 Å². The fourth-order valence-electron chi connectivity index (χ4n) is 3.43. The minimum atomic E-state index is 0.426. The molecule has 1 spiro atoms. The Morgan fingerprint density at radius 3 is 2.36 bits per heavy atom. The SMILES string of the molecule is C1CCC(C2OCC23CCCC3)OC1. The molecule has 2 saturated heterocycles. The van der Waals surface area contributed by atoms with Crippen molar-refractivity contribution in [3.05, 3.63) is 0 Å². The quantitative estimate of drug-likeness (QED) is 0.641. The van der Waals surface area contributed by atoms with E-state index >= 15 is 0 Å². The van der Waals surface area contributed by atoms with Crippen LogP contribution in [0.1, 0.15) is 44.9 Å². The minimum absolute atomic E-state index is 0.426. The second-order valence-electron chi connectivity index (χ2n) is 5.21. The lowest BCUT2D eigenvalue weighted by Gasteiger charge is -2.51. The van der Waals surface area contributed by atoms with Gasteiger partial charge in [0.05, 0.1) is 18.8 Å². The fraction of sp³-hybridized carbons (Fsp3) is 1.00. The molecular formula is C12H20O2. The number of ether oxygens (including phenoxy) is 2. The maximum absolute atomic E-state index is 5.84. The Hall–Kier alpha value is -0.0800. The van der Waals surface area contributed by atoms with E-state index in [1.165, 1.54) is 44.9 Å². The summed E-state index contributed by atoms with van der Waals surface area (Å²) in [5.74, 6) is 0. The van der Waals surface area contributed by atoms with Crippen molar-refractivity contribution in [1.82, 2.24) is 0 Å². The molecule has 0 amide bonds. The average Bonchev–Trinajstić information content (AvgIpc) is 2.68. The summed E-state index contributed by atoms with van der Waals surface area (Å²) in [6.07, 6.45) is 10.3. The van der Waals surface area contributed by atoms with E-state index in [9.17, 15) is 0 Å². The van der Waals surface area contributed by atoms with Crippen molar-refractivity contribution in [3.63, 3.8) is 0 Å². The highest BCUT2D eigenvalue weighted by atomic mass is 16.6. The van der Waals surface area contributed by atoms with E-state index in [2.05, 4.69) is 0 Å². The van der Waals surface area contributed by atoms with Crippen LogP contribution in [0, 0.1) is 5.41 Å². The molecule has 2 unspecified atom stereocenters. The van der Waals surface area contributed by atoms with Crippen LogP contribution in [0.25, 0.3) is 0 Å². The van der Waals surface area contributed by atoms with Crippen molar-refractivity contribution in [2.75, 3.05) is 13.2 Å². The molecule has 1 aliphatic carbocycles. The molecular weight excluding hydrogens is 176 g/mol. The molecule has 0 radical (unpaired) electrons. The molecule has 0 aromatic heterocycles. The molecule has 3 rings (SSSR count). The van der Waals surface area contributed by atoms with Crippen LogP contribution in [0.5, 0.6) is 0 Å². The maximum Gasteiger partial charge on any atom is 0.0914 e. The third kappa shape index (κ3) is 1.31. The summed E-state index contributed by atoms with van der Waals surface area (Å²) >= 11 is 0. The Morgan fingerprint density at radius 1 is 0.929 bits per heavy atom. The largest absolute Gasteiger partial charge is 0.375 e. The highest BCUT2D eigenvalue weighted by molar-refractivity contribution is 5.01. The van der Waals surface area contributed by atoms with E-state index < -0.39 is 0 Å². The maximum atomic E-state index is 5.84. The van der Waals surface area contributed by atoms with Crippen molar-refractivity contribution in [2.45, 2.75) is 57.2 Å². The van der Waals surface area contributed by atoms with Crippen molar-refractivity contribution in [3.8, 4) is 0 Å². The normalized spacial score (nSPS) is 41.1. The van der Waals surface area contributed by atoms with Gasteiger partial charge in [-0.2, -0.15) is 0 Å². The first kappa shape index (κ1) is 9.17. The Labute approximate surface area is 86.0 Å². The summed E-state index contributed by atoms with van der Waals surface area (Å²) in [5, 5.41) is 0. The number of rotatable bonds is 1. The molecule has 2 nitrogen and oxygen atoms in total. The molecule has 0 N–H and O–H groups in total. The number of hydrogen-bond acceptors (Lipinski definition) is 2. The summed E-state index contributed by atoms with van der Waals surface area (Å²) in [6, 6.07) is 0. The van der Waals surface area contributed by atoms with Crippen LogP contribution in [0.4, 0.5) is 0 Å². The van der Waals surface area contributed by atoms with Crippen molar-refractivity contribution in [1.29, 1.82) is 0 Å². The van der Waals surface area contributed by atoms with Crippen LogP contribution in [0.15, 0.2) is 0 Å². The van der Waals surface area contributed by atoms with Gasteiger partial charge in [-0.1, -0.05) is 12.8 Å². The molecule has 2 heterocycles. The van der Waals surface area contributed by atoms with Gasteiger partial charge < -0.3 is 9.47 Å². The molecule has 0 bridgehead atoms. The molecule has 80 valence electrons. The van der Waals surface area contributed by atoms with E-state index in [4.69, 9.17) is 9.47 Å². The predicted molar refractivity (Wildman–Crippen MR) is 54.2 cm³/mol. The van der Waals surface area contributed by atoms with Gasteiger partial charge in [-0.05, 0) is 32.1 Å². The lowest BCUT2D eigenvalue weighted by atomic mass is 9.73. The first-order valence-electron chi connectivity index (χ1n) is 6.14. The second-order valence-corrected chi connectivity index (χ2v) is 5.21. The van der Waals surface area contributed by atoms with Gasteiger partial charge in [0, 0.05) is 12.0 Å². The average molecular weight is 196 g/mol.